The van der Waals surface area contributed by atoms with Crippen molar-refractivity contribution >= 4 is 7.52 Å². The molecule has 2 bridgehead atoms. The summed E-state index contributed by atoms with van der Waals surface area (Å²) in [6.07, 6.45) is 4.28. The molecule has 4 atom stereocenters. The summed E-state index contributed by atoms with van der Waals surface area (Å²) < 4.78 is 22.9. The van der Waals surface area contributed by atoms with Crippen LogP contribution < -0.4 is 0 Å². The molecule has 4 heteroatoms. The van der Waals surface area contributed by atoms with Crippen LogP contribution >= 0.6 is 7.52 Å². The Bertz CT molecular complexity index is 708. The summed E-state index contributed by atoms with van der Waals surface area (Å²) in [4.78, 5) is 0. The van der Waals surface area contributed by atoms with Gasteiger partial charge in [0.1, 0.15) is 0 Å². The third-order valence-electron chi connectivity index (χ3n) is 7.45. The van der Waals surface area contributed by atoms with Gasteiger partial charge >= 0.3 is 0 Å². The highest BCUT2D eigenvalue weighted by Crippen LogP contribution is 2.75. The summed E-state index contributed by atoms with van der Waals surface area (Å²) in [5.41, 5.74) is 1.38. The number of fused-ring (bicyclic) bond motifs is 1. The van der Waals surface area contributed by atoms with Gasteiger partial charge in [-0.1, -0.05) is 44.2 Å². The highest BCUT2D eigenvalue weighted by atomic mass is 31.2. The van der Waals surface area contributed by atoms with Gasteiger partial charge in [0.15, 0.2) is 0 Å². The average molecular weight is 361 g/mol. The Labute approximate surface area is 152 Å². The predicted molar refractivity (Wildman–Crippen MR) is 103 cm³/mol. The van der Waals surface area contributed by atoms with Crippen molar-refractivity contribution in [2.24, 2.45) is 16.7 Å². The van der Waals surface area contributed by atoms with Crippen LogP contribution in [0.25, 0.3) is 0 Å². The van der Waals surface area contributed by atoms with Gasteiger partial charge in [0.25, 0.3) is 7.52 Å². The Morgan fingerprint density at radius 3 is 2.52 bits per heavy atom. The quantitative estimate of drug-likeness (QED) is 0.632. The molecule has 1 aromatic rings. The zero-order chi connectivity index (χ0) is 18.1. The van der Waals surface area contributed by atoms with E-state index in [1.807, 2.05) is 18.2 Å². The van der Waals surface area contributed by atoms with Gasteiger partial charge in [-0.2, -0.15) is 0 Å². The minimum atomic E-state index is -2.90. The summed E-state index contributed by atoms with van der Waals surface area (Å²) in [5.74, 6) is 0.711. The van der Waals surface area contributed by atoms with Crippen molar-refractivity contribution in [3.8, 4) is 0 Å². The molecule has 0 unspecified atom stereocenters. The fraction of sp³-hybridized carbons (Fsp3) is 0.714. The van der Waals surface area contributed by atoms with Crippen LogP contribution in [0.3, 0.4) is 0 Å². The maximum absolute atomic E-state index is 14.1. The second-order valence-corrected chi connectivity index (χ2v) is 12.2. The minimum Gasteiger partial charge on any atom is -0.313 e. The van der Waals surface area contributed by atoms with E-state index in [2.05, 4.69) is 51.4 Å². The zero-order valence-electron chi connectivity index (χ0n) is 16.3. The lowest BCUT2D eigenvalue weighted by atomic mass is 9.68. The molecule has 25 heavy (non-hydrogen) atoms. The van der Waals surface area contributed by atoms with Crippen LogP contribution in [0.4, 0.5) is 0 Å². The van der Waals surface area contributed by atoms with Crippen LogP contribution in [0.1, 0.15) is 59.4 Å². The van der Waals surface area contributed by atoms with Crippen LogP contribution in [0.2, 0.25) is 0 Å². The van der Waals surface area contributed by atoms with E-state index in [0.717, 1.165) is 18.5 Å². The smallest absolute Gasteiger partial charge is 0.277 e. The Hall–Kier alpha value is -0.630. The second kappa shape index (κ2) is 5.44. The van der Waals surface area contributed by atoms with Crippen molar-refractivity contribution in [1.82, 2.24) is 4.67 Å². The van der Waals surface area contributed by atoms with Gasteiger partial charge in [0, 0.05) is 17.5 Å². The van der Waals surface area contributed by atoms with E-state index in [9.17, 15) is 4.57 Å². The lowest BCUT2D eigenvalue weighted by molar-refractivity contribution is -0.0525. The van der Waals surface area contributed by atoms with Gasteiger partial charge in [-0.25, -0.2) is 4.67 Å². The van der Waals surface area contributed by atoms with Gasteiger partial charge in [0.2, 0.25) is 0 Å². The standard InChI is InChI=1S/C21H32NO2P/c1-19(2,3)22-15-21-12-11-17(20(21,4)5)13-18(21)24-25(22,23)14-16-9-7-6-8-10-16/h6-10,17-18H,11-15H2,1-5H3/t17-,18-,21-,25+/m1/s1. The summed E-state index contributed by atoms with van der Waals surface area (Å²) in [6.45, 7) is 12.3. The number of hydrogen-bond acceptors (Lipinski definition) is 2. The van der Waals surface area contributed by atoms with E-state index < -0.39 is 7.52 Å². The van der Waals surface area contributed by atoms with Crippen molar-refractivity contribution in [3.05, 3.63) is 35.9 Å². The second-order valence-electron chi connectivity index (χ2n) is 9.95. The van der Waals surface area contributed by atoms with Gasteiger partial charge in [-0.05, 0) is 56.9 Å². The molecular weight excluding hydrogens is 329 g/mol. The maximum Gasteiger partial charge on any atom is 0.277 e. The molecule has 1 heterocycles. The van der Waals surface area contributed by atoms with E-state index in [1.54, 1.807) is 0 Å². The number of benzene rings is 1. The molecule has 0 N–H and O–H groups in total. The molecule has 3 nitrogen and oxygen atoms in total. The van der Waals surface area contributed by atoms with Crippen molar-refractivity contribution < 1.29 is 9.09 Å². The SMILES string of the molecule is CC(C)(C)N1C[C@]23CC[C@H](C[C@H]2O[P@@]1(=O)Cc1ccccc1)C3(C)C. The zero-order valence-corrected chi connectivity index (χ0v) is 17.2. The summed E-state index contributed by atoms with van der Waals surface area (Å²) in [5, 5.41) is 0. The molecular formula is C21H32NO2P. The lowest BCUT2D eigenvalue weighted by Crippen LogP contribution is -2.56. The Kier molecular flexibility index (Phi) is 3.87. The van der Waals surface area contributed by atoms with Crippen molar-refractivity contribution in [1.29, 1.82) is 0 Å². The molecule has 138 valence electrons. The average Bonchev–Trinajstić information content (AvgIpc) is 2.87. The topological polar surface area (TPSA) is 29.5 Å². The van der Waals surface area contributed by atoms with Crippen LogP contribution in [-0.4, -0.2) is 22.9 Å². The van der Waals surface area contributed by atoms with Crippen molar-refractivity contribution in [2.75, 3.05) is 6.54 Å². The van der Waals surface area contributed by atoms with E-state index in [0.29, 0.717) is 12.1 Å². The van der Waals surface area contributed by atoms with Crippen molar-refractivity contribution in [3.63, 3.8) is 0 Å². The molecule has 0 amide bonds. The van der Waals surface area contributed by atoms with Gasteiger partial charge in [-0.15, -0.1) is 0 Å². The van der Waals surface area contributed by atoms with E-state index >= 15 is 0 Å². The van der Waals surface area contributed by atoms with Crippen LogP contribution in [0, 0.1) is 16.7 Å². The number of nitrogens with zero attached hydrogens (tertiary/aromatic N) is 1. The molecule has 1 aromatic carbocycles. The summed E-state index contributed by atoms with van der Waals surface area (Å²) in [7, 11) is -2.90. The molecule has 1 aliphatic heterocycles. The number of rotatable bonds is 2. The first-order valence-electron chi connectivity index (χ1n) is 9.68. The molecule has 0 aromatic heterocycles. The molecule has 4 rings (SSSR count). The first-order chi connectivity index (χ1) is 11.6. The monoisotopic (exact) mass is 361 g/mol. The molecule has 2 aliphatic carbocycles. The van der Waals surface area contributed by atoms with Gasteiger partial charge < -0.3 is 4.52 Å². The number of hydrogen-bond donors (Lipinski definition) is 0. The van der Waals surface area contributed by atoms with Crippen LogP contribution in [0.15, 0.2) is 30.3 Å². The Morgan fingerprint density at radius 2 is 1.92 bits per heavy atom. The Morgan fingerprint density at radius 1 is 1.24 bits per heavy atom. The van der Waals surface area contributed by atoms with Crippen LogP contribution in [0.5, 0.6) is 0 Å². The summed E-state index contributed by atoms with van der Waals surface area (Å²) in [6, 6.07) is 10.2. The largest absolute Gasteiger partial charge is 0.313 e. The third kappa shape index (κ3) is 2.50. The van der Waals surface area contributed by atoms with Gasteiger partial charge in [0.05, 0.1) is 12.3 Å². The summed E-state index contributed by atoms with van der Waals surface area (Å²) >= 11 is 0. The van der Waals surface area contributed by atoms with E-state index in [-0.39, 0.29) is 22.5 Å². The first-order valence-corrected chi connectivity index (χ1v) is 11.4. The molecule has 3 aliphatic rings. The Balaban J connectivity index is 1.73. The lowest BCUT2D eigenvalue weighted by Gasteiger charge is -2.55. The molecule has 1 spiro atoms. The predicted octanol–water partition coefficient (Wildman–Crippen LogP) is 5.71. The maximum atomic E-state index is 14.1. The van der Waals surface area contributed by atoms with Gasteiger partial charge in [-0.3, -0.25) is 4.57 Å². The molecule has 1 saturated heterocycles. The highest BCUT2D eigenvalue weighted by molar-refractivity contribution is 7.55. The first kappa shape index (κ1) is 17.8. The molecule has 2 saturated carbocycles. The van der Waals surface area contributed by atoms with Crippen molar-refractivity contribution in [2.45, 2.75) is 71.7 Å². The normalized spacial score (nSPS) is 40.2. The highest BCUT2D eigenvalue weighted by Gasteiger charge is 2.69. The minimum absolute atomic E-state index is 0.161. The molecule has 0 radical (unpaired) electrons. The van der Waals surface area contributed by atoms with Crippen LogP contribution in [-0.2, 0) is 15.3 Å². The fourth-order valence-electron chi connectivity index (χ4n) is 5.78. The van der Waals surface area contributed by atoms with E-state index in [4.69, 9.17) is 4.52 Å². The van der Waals surface area contributed by atoms with E-state index in [1.165, 1.54) is 12.8 Å². The molecule has 3 fully saturated rings. The fourth-order valence-corrected chi connectivity index (χ4v) is 8.88. The third-order valence-corrected chi connectivity index (χ3v) is 10.3.